The smallest absolute Gasteiger partial charge is 0.119 e. The quantitative estimate of drug-likeness (QED) is 0.884. The number of ether oxygens (including phenoxy) is 1. The zero-order chi connectivity index (χ0) is 13.0. The minimum absolute atomic E-state index is 0.167. The Hall–Kier alpha value is -1.02. The summed E-state index contributed by atoms with van der Waals surface area (Å²) in [7, 11) is 0. The monoisotopic (exact) mass is 247 g/mol. The van der Waals surface area contributed by atoms with Gasteiger partial charge in [-0.15, -0.1) is 0 Å². The lowest BCUT2D eigenvalue weighted by molar-refractivity contribution is 0.155. The van der Waals surface area contributed by atoms with Crippen molar-refractivity contribution >= 4 is 0 Å². The summed E-state index contributed by atoms with van der Waals surface area (Å²) < 4.78 is 5.76. The van der Waals surface area contributed by atoms with Gasteiger partial charge >= 0.3 is 0 Å². The maximum absolute atomic E-state index is 6.28. The van der Waals surface area contributed by atoms with Crippen molar-refractivity contribution in [1.29, 1.82) is 0 Å². The van der Waals surface area contributed by atoms with E-state index in [4.69, 9.17) is 10.5 Å². The van der Waals surface area contributed by atoms with Gasteiger partial charge in [0.15, 0.2) is 0 Å². The van der Waals surface area contributed by atoms with Gasteiger partial charge < -0.3 is 10.5 Å². The Morgan fingerprint density at radius 2 is 1.89 bits per heavy atom. The van der Waals surface area contributed by atoms with E-state index >= 15 is 0 Å². The fraction of sp³-hybridized carbons (Fsp3) is 0.625. The second kappa shape index (κ2) is 6.24. The van der Waals surface area contributed by atoms with Crippen LogP contribution in [0.1, 0.15) is 33.1 Å². The van der Waals surface area contributed by atoms with E-state index in [0.717, 1.165) is 17.6 Å². The van der Waals surface area contributed by atoms with Crippen LogP contribution in [0.5, 0.6) is 5.75 Å². The average molecular weight is 247 g/mol. The zero-order valence-electron chi connectivity index (χ0n) is 11.5. The van der Waals surface area contributed by atoms with Gasteiger partial charge in [0, 0.05) is 6.04 Å². The third kappa shape index (κ3) is 3.49. The van der Waals surface area contributed by atoms with Crippen LogP contribution in [-0.2, 0) is 0 Å². The van der Waals surface area contributed by atoms with E-state index in [-0.39, 0.29) is 6.04 Å². The second-order valence-corrected chi connectivity index (χ2v) is 5.82. The summed E-state index contributed by atoms with van der Waals surface area (Å²) >= 11 is 0. The van der Waals surface area contributed by atoms with E-state index in [0.29, 0.717) is 12.5 Å². The van der Waals surface area contributed by atoms with E-state index in [1.54, 1.807) is 0 Å². The van der Waals surface area contributed by atoms with Gasteiger partial charge in [-0.25, -0.2) is 0 Å². The Morgan fingerprint density at radius 1 is 1.17 bits per heavy atom. The van der Waals surface area contributed by atoms with Gasteiger partial charge in [-0.05, 0) is 42.7 Å². The Balaban J connectivity index is 1.80. The molecule has 1 aliphatic rings. The molecule has 0 aliphatic heterocycles. The van der Waals surface area contributed by atoms with Crippen molar-refractivity contribution in [3.8, 4) is 5.75 Å². The average Bonchev–Trinajstić information content (AvgIpc) is 2.40. The first-order valence-corrected chi connectivity index (χ1v) is 7.10. The lowest BCUT2D eigenvalue weighted by atomic mass is 9.73. The van der Waals surface area contributed by atoms with E-state index in [9.17, 15) is 0 Å². The molecule has 1 aliphatic carbocycles. The molecule has 4 unspecified atom stereocenters. The molecule has 0 saturated heterocycles. The third-order valence-corrected chi connectivity index (χ3v) is 4.43. The molecule has 18 heavy (non-hydrogen) atoms. The normalized spacial score (nSPS) is 29.8. The molecule has 0 radical (unpaired) electrons. The standard InChI is InChI=1S/C16H25NO/c1-12-8-9-14(10-13(12)2)16(17)11-18-15-6-4-3-5-7-15/h3-7,12-14,16H,8-11,17H2,1-2H3. The number of rotatable bonds is 4. The molecule has 1 fully saturated rings. The highest BCUT2D eigenvalue weighted by Crippen LogP contribution is 2.34. The second-order valence-electron chi connectivity index (χ2n) is 5.82. The van der Waals surface area contributed by atoms with Crippen LogP contribution < -0.4 is 10.5 Å². The van der Waals surface area contributed by atoms with Crippen molar-refractivity contribution in [2.45, 2.75) is 39.2 Å². The lowest BCUT2D eigenvalue weighted by Gasteiger charge is -2.35. The SMILES string of the molecule is CC1CCC(C(N)COc2ccccc2)CC1C. The Morgan fingerprint density at radius 3 is 2.56 bits per heavy atom. The van der Waals surface area contributed by atoms with Crippen LogP contribution in [0.2, 0.25) is 0 Å². The summed E-state index contributed by atoms with van der Waals surface area (Å²) in [5, 5.41) is 0. The lowest BCUT2D eigenvalue weighted by Crippen LogP contribution is -2.39. The van der Waals surface area contributed by atoms with Crippen LogP contribution in [0.3, 0.4) is 0 Å². The fourth-order valence-corrected chi connectivity index (χ4v) is 2.82. The summed E-state index contributed by atoms with van der Waals surface area (Å²) in [5.74, 6) is 3.19. The van der Waals surface area contributed by atoms with Gasteiger partial charge in [-0.1, -0.05) is 38.5 Å². The topological polar surface area (TPSA) is 35.2 Å². The molecule has 100 valence electrons. The summed E-state index contributed by atoms with van der Waals surface area (Å²) in [4.78, 5) is 0. The van der Waals surface area contributed by atoms with E-state index < -0.39 is 0 Å². The van der Waals surface area contributed by atoms with Crippen molar-refractivity contribution in [3.63, 3.8) is 0 Å². The highest BCUT2D eigenvalue weighted by Gasteiger charge is 2.28. The maximum Gasteiger partial charge on any atom is 0.119 e. The minimum Gasteiger partial charge on any atom is -0.492 e. The van der Waals surface area contributed by atoms with Crippen LogP contribution in [0.15, 0.2) is 30.3 Å². The number of nitrogens with two attached hydrogens (primary N) is 1. The molecule has 2 rings (SSSR count). The Labute approximate surface area is 111 Å². The molecule has 0 spiro atoms. The van der Waals surface area contributed by atoms with Crippen LogP contribution in [0.25, 0.3) is 0 Å². The first kappa shape index (κ1) is 13.4. The largest absolute Gasteiger partial charge is 0.492 e. The molecule has 1 aromatic carbocycles. The number of benzene rings is 1. The summed E-state index contributed by atoms with van der Waals surface area (Å²) in [5.41, 5.74) is 6.28. The molecule has 2 nitrogen and oxygen atoms in total. The first-order valence-electron chi connectivity index (χ1n) is 7.10. The van der Waals surface area contributed by atoms with Gasteiger partial charge in [0.2, 0.25) is 0 Å². The molecule has 0 aromatic heterocycles. The van der Waals surface area contributed by atoms with Crippen LogP contribution in [0.4, 0.5) is 0 Å². The van der Waals surface area contributed by atoms with Crippen molar-refractivity contribution in [3.05, 3.63) is 30.3 Å². The van der Waals surface area contributed by atoms with Crippen molar-refractivity contribution in [1.82, 2.24) is 0 Å². The predicted octanol–water partition coefficient (Wildman–Crippen LogP) is 3.47. The van der Waals surface area contributed by atoms with Gasteiger partial charge in [0.25, 0.3) is 0 Å². The molecular formula is C16H25NO. The molecule has 4 atom stereocenters. The van der Waals surface area contributed by atoms with Crippen molar-refractivity contribution < 1.29 is 4.74 Å². The van der Waals surface area contributed by atoms with E-state index in [2.05, 4.69) is 13.8 Å². The minimum atomic E-state index is 0.167. The number of hydrogen-bond acceptors (Lipinski definition) is 2. The zero-order valence-corrected chi connectivity index (χ0v) is 11.5. The summed E-state index contributed by atoms with van der Waals surface area (Å²) in [6.45, 7) is 5.34. The number of hydrogen-bond donors (Lipinski definition) is 1. The molecule has 2 heteroatoms. The molecule has 1 saturated carbocycles. The van der Waals surface area contributed by atoms with Crippen molar-refractivity contribution in [2.75, 3.05) is 6.61 Å². The Kier molecular flexibility index (Phi) is 4.65. The van der Waals surface area contributed by atoms with Crippen LogP contribution >= 0.6 is 0 Å². The van der Waals surface area contributed by atoms with Gasteiger partial charge in [-0.2, -0.15) is 0 Å². The molecule has 0 bridgehead atoms. The molecular weight excluding hydrogens is 222 g/mol. The summed E-state index contributed by atoms with van der Waals surface area (Å²) in [6, 6.07) is 10.1. The van der Waals surface area contributed by atoms with Gasteiger partial charge in [0.05, 0.1) is 0 Å². The molecule has 2 N–H and O–H groups in total. The Bertz CT molecular complexity index is 351. The molecule has 0 heterocycles. The fourth-order valence-electron chi connectivity index (χ4n) is 2.82. The van der Waals surface area contributed by atoms with E-state index in [1.807, 2.05) is 30.3 Å². The molecule has 1 aromatic rings. The first-order chi connectivity index (χ1) is 8.66. The van der Waals surface area contributed by atoms with Gasteiger partial charge in [0.1, 0.15) is 12.4 Å². The number of para-hydroxylation sites is 1. The van der Waals surface area contributed by atoms with Crippen LogP contribution in [-0.4, -0.2) is 12.6 Å². The van der Waals surface area contributed by atoms with Gasteiger partial charge in [-0.3, -0.25) is 0 Å². The summed E-state index contributed by atoms with van der Waals surface area (Å²) in [6.07, 6.45) is 3.82. The maximum atomic E-state index is 6.28. The third-order valence-electron chi connectivity index (χ3n) is 4.43. The van der Waals surface area contributed by atoms with Crippen molar-refractivity contribution in [2.24, 2.45) is 23.5 Å². The highest BCUT2D eigenvalue weighted by molar-refractivity contribution is 5.20. The van der Waals surface area contributed by atoms with Crippen LogP contribution in [0, 0.1) is 17.8 Å². The molecule has 0 amide bonds. The predicted molar refractivity (Wildman–Crippen MR) is 75.6 cm³/mol. The van der Waals surface area contributed by atoms with E-state index in [1.165, 1.54) is 19.3 Å². The highest BCUT2D eigenvalue weighted by atomic mass is 16.5.